The molecule has 30 heavy (non-hydrogen) atoms. The zero-order valence-corrected chi connectivity index (χ0v) is 20.7. The SMILES string of the molecule is CCCC[C@@H](CC)C(=O)OOC(C)(C)CCC(C)(C)OOC(=O)[C@H](CC)CCCC. The summed E-state index contributed by atoms with van der Waals surface area (Å²) in [5.74, 6) is -0.861. The minimum Gasteiger partial charge on any atom is -0.298 e. The first-order valence-electron chi connectivity index (χ1n) is 11.8. The van der Waals surface area contributed by atoms with Crippen molar-refractivity contribution in [3.63, 3.8) is 0 Å². The van der Waals surface area contributed by atoms with Gasteiger partial charge < -0.3 is 0 Å². The van der Waals surface area contributed by atoms with E-state index in [-0.39, 0.29) is 23.8 Å². The van der Waals surface area contributed by atoms with Crippen molar-refractivity contribution in [3.8, 4) is 0 Å². The lowest BCUT2D eigenvalue weighted by molar-refractivity contribution is -0.343. The molecule has 0 aromatic carbocycles. The van der Waals surface area contributed by atoms with E-state index >= 15 is 0 Å². The van der Waals surface area contributed by atoms with Crippen molar-refractivity contribution in [2.24, 2.45) is 11.8 Å². The Bertz CT molecular complexity index is 442. The highest BCUT2D eigenvalue weighted by molar-refractivity contribution is 5.72. The van der Waals surface area contributed by atoms with Crippen molar-refractivity contribution in [1.29, 1.82) is 0 Å². The van der Waals surface area contributed by atoms with Crippen LogP contribution in [-0.4, -0.2) is 23.1 Å². The Morgan fingerprint density at radius 2 is 1.00 bits per heavy atom. The van der Waals surface area contributed by atoms with E-state index in [1.807, 2.05) is 41.5 Å². The lowest BCUT2D eigenvalue weighted by atomic mass is 9.94. The molecule has 6 nitrogen and oxygen atoms in total. The summed E-state index contributed by atoms with van der Waals surface area (Å²) in [5, 5.41) is 0. The van der Waals surface area contributed by atoms with Gasteiger partial charge >= 0.3 is 11.9 Å². The van der Waals surface area contributed by atoms with Gasteiger partial charge in [0.2, 0.25) is 0 Å². The Labute approximate surface area is 184 Å². The minimum atomic E-state index is -0.670. The number of hydrogen-bond donors (Lipinski definition) is 0. The topological polar surface area (TPSA) is 71.1 Å². The smallest absolute Gasteiger partial charge is 0.298 e. The molecule has 0 saturated carbocycles. The Kier molecular flexibility index (Phi) is 14.2. The molecule has 178 valence electrons. The second kappa shape index (κ2) is 14.8. The third-order valence-electron chi connectivity index (χ3n) is 5.49. The molecule has 0 rings (SSSR count). The van der Waals surface area contributed by atoms with Crippen molar-refractivity contribution >= 4 is 11.9 Å². The van der Waals surface area contributed by atoms with Crippen molar-refractivity contribution < 1.29 is 29.1 Å². The number of carbonyl (C=O) groups excluding carboxylic acids is 2. The Morgan fingerprint density at radius 1 is 0.667 bits per heavy atom. The lowest BCUT2D eigenvalue weighted by Crippen LogP contribution is -2.34. The first kappa shape index (κ1) is 28.9. The van der Waals surface area contributed by atoms with Gasteiger partial charge in [-0.15, -0.1) is 0 Å². The van der Waals surface area contributed by atoms with E-state index in [1.54, 1.807) is 0 Å². The van der Waals surface area contributed by atoms with Crippen LogP contribution in [-0.2, 0) is 29.1 Å². The second-order valence-corrected chi connectivity index (χ2v) is 9.49. The Hall–Kier alpha value is -1.14. The quantitative estimate of drug-likeness (QED) is 0.189. The predicted molar refractivity (Wildman–Crippen MR) is 118 cm³/mol. The zero-order valence-electron chi connectivity index (χ0n) is 20.7. The Balaban J connectivity index is 4.47. The second-order valence-electron chi connectivity index (χ2n) is 9.49. The van der Waals surface area contributed by atoms with Crippen molar-refractivity contribution in [1.82, 2.24) is 0 Å². The molecule has 0 amide bonds. The molecule has 0 bridgehead atoms. The van der Waals surface area contributed by atoms with E-state index in [9.17, 15) is 9.59 Å². The summed E-state index contributed by atoms with van der Waals surface area (Å²) in [5.41, 5.74) is -1.34. The van der Waals surface area contributed by atoms with Gasteiger partial charge in [-0.2, -0.15) is 9.78 Å². The van der Waals surface area contributed by atoms with Crippen LogP contribution in [0.5, 0.6) is 0 Å². The molecule has 0 N–H and O–H groups in total. The number of rotatable bonds is 17. The summed E-state index contributed by atoms with van der Waals surface area (Å²) in [7, 11) is 0. The predicted octanol–water partition coefficient (Wildman–Crippen LogP) is 6.71. The van der Waals surface area contributed by atoms with Crippen molar-refractivity contribution in [2.45, 2.75) is 131 Å². The average molecular weight is 431 g/mol. The van der Waals surface area contributed by atoms with E-state index in [0.717, 1.165) is 51.4 Å². The average Bonchev–Trinajstić information content (AvgIpc) is 2.70. The van der Waals surface area contributed by atoms with E-state index < -0.39 is 11.2 Å². The molecule has 0 aliphatic rings. The first-order valence-corrected chi connectivity index (χ1v) is 11.8. The fourth-order valence-electron chi connectivity index (χ4n) is 3.01. The van der Waals surface area contributed by atoms with Gasteiger partial charge in [-0.25, -0.2) is 9.59 Å². The van der Waals surface area contributed by atoms with Crippen LogP contribution >= 0.6 is 0 Å². The maximum Gasteiger partial charge on any atom is 0.345 e. The summed E-state index contributed by atoms with van der Waals surface area (Å²) in [4.78, 5) is 45.7. The van der Waals surface area contributed by atoms with Crippen LogP contribution in [0.3, 0.4) is 0 Å². The van der Waals surface area contributed by atoms with E-state index in [4.69, 9.17) is 19.6 Å². The maximum atomic E-state index is 12.2. The molecule has 0 fully saturated rings. The largest absolute Gasteiger partial charge is 0.345 e. The molecular formula is C24H46O6. The fourth-order valence-corrected chi connectivity index (χ4v) is 3.01. The minimum absolute atomic E-state index is 0.126. The molecule has 0 saturated heterocycles. The molecule has 6 heteroatoms. The van der Waals surface area contributed by atoms with Gasteiger partial charge in [-0.05, 0) is 66.2 Å². The number of unbranched alkanes of at least 4 members (excludes halogenated alkanes) is 2. The van der Waals surface area contributed by atoms with Gasteiger partial charge in [-0.1, -0.05) is 53.4 Å². The van der Waals surface area contributed by atoms with Gasteiger partial charge in [-0.3, -0.25) is 9.78 Å². The third kappa shape index (κ3) is 12.5. The summed E-state index contributed by atoms with van der Waals surface area (Å²) in [6, 6.07) is 0. The van der Waals surface area contributed by atoms with Crippen LogP contribution in [0.4, 0.5) is 0 Å². The van der Waals surface area contributed by atoms with Crippen LogP contribution in [0, 0.1) is 11.8 Å². The van der Waals surface area contributed by atoms with Gasteiger partial charge in [0, 0.05) is 0 Å². The van der Waals surface area contributed by atoms with Gasteiger partial charge in [0.15, 0.2) is 0 Å². The van der Waals surface area contributed by atoms with Gasteiger partial charge in [0.25, 0.3) is 0 Å². The molecule has 0 radical (unpaired) electrons. The molecule has 0 aliphatic carbocycles. The summed E-state index contributed by atoms with van der Waals surface area (Å²) in [6.07, 6.45) is 8.36. The molecule has 2 atom stereocenters. The lowest BCUT2D eigenvalue weighted by Gasteiger charge is -2.29. The van der Waals surface area contributed by atoms with Crippen LogP contribution in [0.25, 0.3) is 0 Å². The highest BCUT2D eigenvalue weighted by Crippen LogP contribution is 2.27. The van der Waals surface area contributed by atoms with E-state index in [2.05, 4.69) is 13.8 Å². The van der Waals surface area contributed by atoms with Crippen LogP contribution in [0.1, 0.15) is 120 Å². The molecule has 0 spiro atoms. The van der Waals surface area contributed by atoms with Crippen LogP contribution in [0.15, 0.2) is 0 Å². The van der Waals surface area contributed by atoms with Gasteiger partial charge in [0.05, 0.1) is 11.8 Å². The normalized spacial score (nSPS) is 14.3. The molecular weight excluding hydrogens is 384 g/mol. The molecule has 0 unspecified atom stereocenters. The third-order valence-corrected chi connectivity index (χ3v) is 5.49. The summed E-state index contributed by atoms with van der Waals surface area (Å²) in [6.45, 7) is 15.7. The molecule has 0 aromatic rings. The van der Waals surface area contributed by atoms with Crippen LogP contribution < -0.4 is 0 Å². The van der Waals surface area contributed by atoms with Crippen molar-refractivity contribution in [3.05, 3.63) is 0 Å². The van der Waals surface area contributed by atoms with E-state index in [0.29, 0.717) is 12.8 Å². The first-order chi connectivity index (χ1) is 14.0. The highest BCUT2D eigenvalue weighted by atomic mass is 17.2. The summed E-state index contributed by atoms with van der Waals surface area (Å²) >= 11 is 0. The fraction of sp³-hybridized carbons (Fsp3) is 0.917. The standard InChI is InChI=1S/C24H46O6/c1-9-13-15-19(11-3)21(25)27-29-23(5,6)17-18-24(7,8)30-28-22(26)20(12-4)16-14-10-2/h19-20H,9-18H2,1-8H3/t19-,20-/m1/s1. The zero-order chi connectivity index (χ0) is 23.2. The van der Waals surface area contributed by atoms with Crippen LogP contribution in [0.2, 0.25) is 0 Å². The molecule has 0 aliphatic heterocycles. The highest BCUT2D eigenvalue weighted by Gasteiger charge is 2.31. The molecule has 0 aromatic heterocycles. The maximum absolute atomic E-state index is 12.2. The molecule has 0 heterocycles. The van der Waals surface area contributed by atoms with Crippen molar-refractivity contribution in [2.75, 3.05) is 0 Å². The monoisotopic (exact) mass is 430 g/mol. The number of hydrogen-bond acceptors (Lipinski definition) is 6. The van der Waals surface area contributed by atoms with E-state index in [1.165, 1.54) is 0 Å². The van der Waals surface area contributed by atoms with Gasteiger partial charge in [0.1, 0.15) is 11.2 Å². The summed E-state index contributed by atoms with van der Waals surface area (Å²) < 4.78 is 0. The Morgan fingerprint density at radius 3 is 1.27 bits per heavy atom. The number of carbonyl (C=O) groups is 2.